The largest absolute Gasteiger partial charge is 0.380 e. The van der Waals surface area contributed by atoms with E-state index in [-0.39, 0.29) is 5.91 Å². The zero-order valence-corrected chi connectivity index (χ0v) is 13.5. The van der Waals surface area contributed by atoms with Gasteiger partial charge in [-0.3, -0.25) is 4.79 Å². The molecule has 118 valence electrons. The molecule has 0 saturated heterocycles. The van der Waals surface area contributed by atoms with Gasteiger partial charge < -0.3 is 10.1 Å². The van der Waals surface area contributed by atoms with Gasteiger partial charge in [0.15, 0.2) is 0 Å². The Labute approximate surface area is 128 Å². The maximum atomic E-state index is 12.1. The van der Waals surface area contributed by atoms with Gasteiger partial charge in [-0.1, -0.05) is 5.57 Å². The van der Waals surface area contributed by atoms with Crippen LogP contribution in [0.1, 0.15) is 52.4 Å². The van der Waals surface area contributed by atoms with E-state index in [9.17, 15) is 4.79 Å². The first kappa shape index (κ1) is 15.1. The number of ether oxygens (including phenoxy) is 1. The highest BCUT2D eigenvalue weighted by molar-refractivity contribution is 5.88. The summed E-state index contributed by atoms with van der Waals surface area (Å²) in [5.41, 5.74) is 1.68. The molecule has 0 aliphatic heterocycles. The van der Waals surface area contributed by atoms with Crippen LogP contribution >= 0.6 is 0 Å². The van der Waals surface area contributed by atoms with Crippen molar-refractivity contribution in [1.82, 2.24) is 5.32 Å². The fourth-order valence-corrected chi connectivity index (χ4v) is 5.39. The third-order valence-corrected chi connectivity index (χ3v) is 5.97. The Morgan fingerprint density at radius 2 is 1.76 bits per heavy atom. The number of carbonyl (C=O) groups excluding carboxylic acids is 1. The molecular weight excluding hydrogens is 262 g/mol. The lowest BCUT2D eigenvalue weighted by molar-refractivity contribution is -0.117. The van der Waals surface area contributed by atoms with Crippen molar-refractivity contribution < 1.29 is 9.53 Å². The van der Waals surface area contributed by atoms with Crippen LogP contribution in [0.4, 0.5) is 0 Å². The Morgan fingerprint density at radius 1 is 1.19 bits per heavy atom. The third-order valence-electron chi connectivity index (χ3n) is 5.97. The van der Waals surface area contributed by atoms with Gasteiger partial charge in [0, 0.05) is 19.2 Å². The minimum Gasteiger partial charge on any atom is -0.380 e. The van der Waals surface area contributed by atoms with E-state index < -0.39 is 0 Å². The molecule has 4 fully saturated rings. The highest BCUT2D eigenvalue weighted by Gasteiger charge is 2.51. The minimum atomic E-state index is 0.0583. The summed E-state index contributed by atoms with van der Waals surface area (Å²) >= 11 is 0. The predicted molar refractivity (Wildman–Crippen MR) is 83.9 cm³/mol. The van der Waals surface area contributed by atoms with Crippen LogP contribution in [-0.4, -0.2) is 25.7 Å². The number of rotatable bonds is 6. The number of carbonyl (C=O) groups is 1. The molecule has 1 amide bonds. The normalized spacial score (nSPS) is 37.8. The second-order valence-corrected chi connectivity index (χ2v) is 7.51. The molecule has 0 radical (unpaired) electrons. The Kier molecular flexibility index (Phi) is 4.39. The first-order valence-corrected chi connectivity index (χ1v) is 8.65. The van der Waals surface area contributed by atoms with Gasteiger partial charge in [0.05, 0.1) is 6.61 Å². The number of hydrogen-bond acceptors (Lipinski definition) is 2. The quantitative estimate of drug-likeness (QED) is 0.602. The zero-order chi connectivity index (χ0) is 14.9. The third kappa shape index (κ3) is 3.18. The molecule has 4 aliphatic rings. The molecule has 0 aromatic carbocycles. The molecule has 0 unspecified atom stereocenters. The van der Waals surface area contributed by atoms with Crippen molar-refractivity contribution in [3.8, 4) is 0 Å². The molecule has 21 heavy (non-hydrogen) atoms. The van der Waals surface area contributed by atoms with E-state index in [4.69, 9.17) is 4.74 Å². The fourth-order valence-electron chi connectivity index (χ4n) is 5.39. The Morgan fingerprint density at radius 3 is 2.29 bits per heavy atom. The van der Waals surface area contributed by atoms with Gasteiger partial charge in [-0.15, -0.1) is 0 Å². The zero-order valence-electron chi connectivity index (χ0n) is 13.5. The molecule has 4 bridgehead atoms. The monoisotopic (exact) mass is 291 g/mol. The van der Waals surface area contributed by atoms with E-state index >= 15 is 0 Å². The second-order valence-electron chi connectivity index (χ2n) is 7.51. The number of hydrogen-bond donors (Lipinski definition) is 1. The average Bonchev–Trinajstić information content (AvgIpc) is 2.42. The van der Waals surface area contributed by atoms with Crippen molar-refractivity contribution in [2.45, 2.75) is 52.4 Å². The topological polar surface area (TPSA) is 38.3 Å². The second kappa shape index (κ2) is 6.12. The lowest BCUT2D eigenvalue weighted by Gasteiger charge is -2.57. The van der Waals surface area contributed by atoms with Crippen molar-refractivity contribution in [3.63, 3.8) is 0 Å². The standard InChI is InChI=1S/C18H29NO2/c1-3-21-5-4-19-17(20)6-13(2)18-10-14-7-15(11-18)9-16(8-14)12-18/h6,14-16H,3-5,7-12H2,1-2H3,(H,19,20)/b13-6+. The Hall–Kier alpha value is -0.830. The Balaban J connectivity index is 1.60. The summed E-state index contributed by atoms with van der Waals surface area (Å²) in [4.78, 5) is 12.1. The molecule has 0 aromatic heterocycles. The number of nitrogens with one attached hydrogen (secondary N) is 1. The molecule has 4 rings (SSSR count). The van der Waals surface area contributed by atoms with Gasteiger partial charge in [-0.05, 0) is 75.5 Å². The Bertz CT molecular complexity index is 392. The van der Waals surface area contributed by atoms with Crippen molar-refractivity contribution in [2.24, 2.45) is 23.2 Å². The van der Waals surface area contributed by atoms with Gasteiger partial charge in [-0.25, -0.2) is 0 Å². The molecule has 0 heterocycles. The molecule has 1 N–H and O–H groups in total. The summed E-state index contributed by atoms with van der Waals surface area (Å²) < 4.78 is 5.25. The highest BCUT2D eigenvalue weighted by Crippen LogP contribution is 2.62. The van der Waals surface area contributed by atoms with Crippen molar-refractivity contribution in [2.75, 3.05) is 19.8 Å². The van der Waals surface area contributed by atoms with Gasteiger partial charge in [0.2, 0.25) is 5.91 Å². The first-order valence-electron chi connectivity index (χ1n) is 8.65. The molecule has 0 aromatic rings. The van der Waals surface area contributed by atoms with Crippen LogP contribution in [0.25, 0.3) is 0 Å². The molecule has 3 heteroatoms. The van der Waals surface area contributed by atoms with E-state index in [1.54, 1.807) is 0 Å². The van der Waals surface area contributed by atoms with Gasteiger partial charge >= 0.3 is 0 Å². The predicted octanol–water partition coefficient (Wildman–Crippen LogP) is 3.30. The summed E-state index contributed by atoms with van der Waals surface area (Å²) in [6, 6.07) is 0. The lowest BCUT2D eigenvalue weighted by Crippen LogP contribution is -2.46. The van der Waals surface area contributed by atoms with Crippen LogP contribution in [0, 0.1) is 23.2 Å². The van der Waals surface area contributed by atoms with Gasteiger partial charge in [0.25, 0.3) is 0 Å². The molecule has 0 spiro atoms. The van der Waals surface area contributed by atoms with Crippen molar-refractivity contribution in [1.29, 1.82) is 0 Å². The number of amides is 1. The van der Waals surface area contributed by atoms with Gasteiger partial charge in [0.1, 0.15) is 0 Å². The highest BCUT2D eigenvalue weighted by atomic mass is 16.5. The minimum absolute atomic E-state index is 0.0583. The first-order chi connectivity index (χ1) is 10.1. The molecule has 3 nitrogen and oxygen atoms in total. The van der Waals surface area contributed by atoms with Crippen LogP contribution in [0.5, 0.6) is 0 Å². The summed E-state index contributed by atoms with van der Waals surface area (Å²) in [7, 11) is 0. The summed E-state index contributed by atoms with van der Waals surface area (Å²) in [6.07, 6.45) is 10.2. The van der Waals surface area contributed by atoms with E-state index in [1.165, 1.54) is 44.1 Å². The lowest BCUT2D eigenvalue weighted by atomic mass is 9.48. The van der Waals surface area contributed by atoms with Crippen LogP contribution < -0.4 is 5.32 Å². The maximum Gasteiger partial charge on any atom is 0.244 e. The van der Waals surface area contributed by atoms with Crippen molar-refractivity contribution in [3.05, 3.63) is 11.6 Å². The average molecular weight is 291 g/mol. The van der Waals surface area contributed by atoms with Crippen LogP contribution in [-0.2, 0) is 9.53 Å². The molecule has 4 aliphatic carbocycles. The fraction of sp³-hybridized carbons (Fsp3) is 0.833. The van der Waals surface area contributed by atoms with E-state index in [0.717, 1.165) is 17.8 Å². The smallest absolute Gasteiger partial charge is 0.244 e. The van der Waals surface area contributed by atoms with Crippen LogP contribution in [0.3, 0.4) is 0 Å². The molecule has 4 saturated carbocycles. The maximum absolute atomic E-state index is 12.1. The van der Waals surface area contributed by atoms with E-state index in [2.05, 4.69) is 12.2 Å². The summed E-state index contributed by atoms with van der Waals surface area (Å²) in [5.74, 6) is 2.85. The van der Waals surface area contributed by atoms with Crippen LogP contribution in [0.2, 0.25) is 0 Å². The molecule has 0 atom stereocenters. The SMILES string of the molecule is CCOCCNC(=O)/C=C(\C)C12CC3CC(CC(C3)C1)C2. The summed E-state index contributed by atoms with van der Waals surface area (Å²) in [6.45, 7) is 6.08. The van der Waals surface area contributed by atoms with E-state index in [1.807, 2.05) is 13.0 Å². The van der Waals surface area contributed by atoms with Gasteiger partial charge in [-0.2, -0.15) is 0 Å². The van der Waals surface area contributed by atoms with E-state index in [0.29, 0.717) is 25.2 Å². The number of allylic oxidation sites excluding steroid dienone is 1. The molecular formula is C18H29NO2. The van der Waals surface area contributed by atoms with Crippen molar-refractivity contribution >= 4 is 5.91 Å². The summed E-state index contributed by atoms with van der Waals surface area (Å²) in [5, 5.41) is 2.94. The van der Waals surface area contributed by atoms with Crippen LogP contribution in [0.15, 0.2) is 11.6 Å².